The lowest BCUT2D eigenvalue weighted by molar-refractivity contribution is 0.0472. The minimum atomic E-state index is -0.383. The van der Waals surface area contributed by atoms with Crippen molar-refractivity contribution in [1.29, 1.82) is 0 Å². The van der Waals surface area contributed by atoms with Gasteiger partial charge in [0.25, 0.3) is 0 Å². The smallest absolute Gasteiger partial charge is 0.338 e. The monoisotopic (exact) mass is 245 g/mol. The lowest BCUT2D eigenvalue weighted by Gasteiger charge is -2.03. The number of hydrogen-bond acceptors (Lipinski definition) is 4. The van der Waals surface area contributed by atoms with Crippen LogP contribution < -0.4 is 5.73 Å². The summed E-state index contributed by atoms with van der Waals surface area (Å²) in [5.41, 5.74) is 7.47. The molecule has 2 rings (SSSR count). The summed E-state index contributed by atoms with van der Waals surface area (Å²) >= 11 is 0. The summed E-state index contributed by atoms with van der Waals surface area (Å²) in [6.45, 7) is 3.01. The normalized spacial score (nSPS) is 10.3. The van der Waals surface area contributed by atoms with Gasteiger partial charge in [-0.3, -0.25) is 4.68 Å². The van der Waals surface area contributed by atoms with Crippen LogP contribution in [0.5, 0.6) is 0 Å². The molecule has 0 atom stereocenters. The van der Waals surface area contributed by atoms with Crippen molar-refractivity contribution < 1.29 is 9.53 Å². The van der Waals surface area contributed by atoms with Crippen LogP contribution in [-0.2, 0) is 17.9 Å². The van der Waals surface area contributed by atoms with E-state index in [1.807, 2.05) is 13.1 Å². The lowest BCUT2D eigenvalue weighted by Crippen LogP contribution is -2.05. The molecule has 0 radical (unpaired) electrons. The number of rotatable bonds is 4. The number of anilines is 1. The zero-order valence-corrected chi connectivity index (χ0v) is 10.2. The Bertz CT molecular complexity index is 549. The van der Waals surface area contributed by atoms with Crippen LogP contribution in [0.15, 0.2) is 36.7 Å². The Morgan fingerprint density at radius 3 is 3.00 bits per heavy atom. The van der Waals surface area contributed by atoms with Gasteiger partial charge >= 0.3 is 5.97 Å². The fraction of sp³-hybridized carbons (Fsp3) is 0.231. The summed E-state index contributed by atoms with van der Waals surface area (Å²) in [4.78, 5) is 11.7. The first-order chi connectivity index (χ1) is 8.69. The molecule has 0 aliphatic heterocycles. The number of nitrogens with zero attached hydrogens (tertiary/aromatic N) is 2. The largest absolute Gasteiger partial charge is 0.457 e. The maximum atomic E-state index is 11.7. The number of aromatic nitrogens is 2. The van der Waals surface area contributed by atoms with E-state index in [0.29, 0.717) is 11.3 Å². The molecular formula is C13H15N3O2. The zero-order chi connectivity index (χ0) is 13.0. The number of esters is 1. The molecule has 0 bridgehead atoms. The van der Waals surface area contributed by atoms with Gasteiger partial charge < -0.3 is 10.5 Å². The third kappa shape index (κ3) is 2.88. The zero-order valence-electron chi connectivity index (χ0n) is 10.2. The highest BCUT2D eigenvalue weighted by Crippen LogP contribution is 2.09. The van der Waals surface area contributed by atoms with Gasteiger partial charge in [-0.2, -0.15) is 5.10 Å². The SMILES string of the molecule is CCn1cc(COC(=O)c2cccc(N)c2)cn1. The number of carbonyl (C=O) groups excluding carboxylic acids is 1. The van der Waals surface area contributed by atoms with Gasteiger partial charge in [0.05, 0.1) is 11.8 Å². The second kappa shape index (κ2) is 5.35. The third-order valence-corrected chi connectivity index (χ3v) is 2.50. The molecule has 5 nitrogen and oxygen atoms in total. The Morgan fingerprint density at radius 1 is 1.50 bits per heavy atom. The maximum absolute atomic E-state index is 11.7. The molecule has 0 aliphatic carbocycles. The van der Waals surface area contributed by atoms with Crippen LogP contribution in [0.1, 0.15) is 22.8 Å². The quantitative estimate of drug-likeness (QED) is 0.659. The van der Waals surface area contributed by atoms with E-state index >= 15 is 0 Å². The summed E-state index contributed by atoms with van der Waals surface area (Å²) in [5, 5.41) is 4.10. The highest BCUT2D eigenvalue weighted by Gasteiger charge is 2.08. The molecule has 1 heterocycles. The molecule has 1 aromatic heterocycles. The molecule has 1 aromatic carbocycles. The fourth-order valence-corrected chi connectivity index (χ4v) is 1.55. The first-order valence-corrected chi connectivity index (χ1v) is 5.73. The summed E-state index contributed by atoms with van der Waals surface area (Å²) in [6, 6.07) is 6.72. The Kier molecular flexibility index (Phi) is 3.62. The van der Waals surface area contributed by atoms with E-state index < -0.39 is 0 Å². The van der Waals surface area contributed by atoms with E-state index in [1.165, 1.54) is 0 Å². The third-order valence-electron chi connectivity index (χ3n) is 2.50. The minimum absolute atomic E-state index is 0.216. The van der Waals surface area contributed by atoms with Gasteiger partial charge in [-0.15, -0.1) is 0 Å². The summed E-state index contributed by atoms with van der Waals surface area (Å²) < 4.78 is 6.96. The average molecular weight is 245 g/mol. The number of nitrogens with two attached hydrogens (primary N) is 1. The molecule has 94 valence electrons. The van der Waals surface area contributed by atoms with Crippen LogP contribution in [-0.4, -0.2) is 15.7 Å². The van der Waals surface area contributed by atoms with Crippen molar-refractivity contribution in [3.63, 3.8) is 0 Å². The molecule has 5 heteroatoms. The van der Waals surface area contributed by atoms with Gasteiger partial charge in [-0.25, -0.2) is 4.79 Å². The molecule has 2 N–H and O–H groups in total. The summed E-state index contributed by atoms with van der Waals surface area (Å²) in [5.74, 6) is -0.383. The summed E-state index contributed by atoms with van der Waals surface area (Å²) in [7, 11) is 0. The fourth-order valence-electron chi connectivity index (χ4n) is 1.55. The Labute approximate surface area is 105 Å². The van der Waals surface area contributed by atoms with Gasteiger partial charge in [0.15, 0.2) is 0 Å². The van der Waals surface area contributed by atoms with Crippen molar-refractivity contribution in [3.05, 3.63) is 47.8 Å². The molecule has 0 unspecified atom stereocenters. The van der Waals surface area contributed by atoms with Crippen LogP contribution in [0.4, 0.5) is 5.69 Å². The van der Waals surface area contributed by atoms with Crippen LogP contribution >= 0.6 is 0 Å². The van der Waals surface area contributed by atoms with E-state index in [4.69, 9.17) is 10.5 Å². The van der Waals surface area contributed by atoms with E-state index in [9.17, 15) is 4.79 Å². The topological polar surface area (TPSA) is 70.1 Å². The van der Waals surface area contributed by atoms with Crippen LogP contribution in [0.2, 0.25) is 0 Å². The average Bonchev–Trinajstić information content (AvgIpc) is 2.84. The van der Waals surface area contributed by atoms with Crippen LogP contribution in [0.25, 0.3) is 0 Å². The van der Waals surface area contributed by atoms with E-state index in [0.717, 1.165) is 12.1 Å². The van der Waals surface area contributed by atoms with Gasteiger partial charge in [-0.05, 0) is 25.1 Å². The predicted octanol–water partition coefficient (Wildman–Crippen LogP) is 1.84. The molecule has 0 saturated carbocycles. The van der Waals surface area contributed by atoms with E-state index in [2.05, 4.69) is 5.10 Å². The van der Waals surface area contributed by atoms with Gasteiger partial charge in [0.1, 0.15) is 6.61 Å². The van der Waals surface area contributed by atoms with Gasteiger partial charge in [-0.1, -0.05) is 6.07 Å². The Hall–Kier alpha value is -2.30. The summed E-state index contributed by atoms with van der Waals surface area (Å²) in [6.07, 6.45) is 3.54. The van der Waals surface area contributed by atoms with E-state index in [1.54, 1.807) is 35.1 Å². The van der Waals surface area contributed by atoms with Crippen LogP contribution in [0, 0.1) is 0 Å². The first-order valence-electron chi connectivity index (χ1n) is 5.73. The molecule has 0 fully saturated rings. The maximum Gasteiger partial charge on any atom is 0.338 e. The second-order valence-corrected chi connectivity index (χ2v) is 3.91. The standard InChI is InChI=1S/C13H15N3O2/c1-2-16-8-10(7-15-16)9-18-13(17)11-4-3-5-12(14)6-11/h3-8H,2,9,14H2,1H3. The Morgan fingerprint density at radius 2 is 2.33 bits per heavy atom. The highest BCUT2D eigenvalue weighted by molar-refractivity contribution is 5.90. The van der Waals surface area contributed by atoms with Crippen molar-refractivity contribution in [3.8, 4) is 0 Å². The van der Waals surface area contributed by atoms with Crippen molar-refractivity contribution in [2.75, 3.05) is 5.73 Å². The number of benzene rings is 1. The van der Waals surface area contributed by atoms with Gasteiger partial charge in [0.2, 0.25) is 0 Å². The van der Waals surface area contributed by atoms with Crippen LogP contribution in [0.3, 0.4) is 0 Å². The molecular weight excluding hydrogens is 230 g/mol. The minimum Gasteiger partial charge on any atom is -0.457 e. The number of ether oxygens (including phenoxy) is 1. The predicted molar refractivity (Wildman–Crippen MR) is 67.9 cm³/mol. The van der Waals surface area contributed by atoms with Crippen molar-refractivity contribution in [2.24, 2.45) is 0 Å². The number of aryl methyl sites for hydroxylation is 1. The second-order valence-electron chi connectivity index (χ2n) is 3.91. The Balaban J connectivity index is 1.96. The molecule has 0 spiro atoms. The molecule has 18 heavy (non-hydrogen) atoms. The lowest BCUT2D eigenvalue weighted by atomic mass is 10.2. The first kappa shape index (κ1) is 12.2. The van der Waals surface area contributed by atoms with E-state index in [-0.39, 0.29) is 12.6 Å². The van der Waals surface area contributed by atoms with Gasteiger partial charge in [0, 0.05) is 24.0 Å². The molecule has 0 saturated heterocycles. The van der Waals surface area contributed by atoms with Crippen molar-refractivity contribution in [1.82, 2.24) is 9.78 Å². The molecule has 0 aliphatic rings. The highest BCUT2D eigenvalue weighted by atomic mass is 16.5. The molecule has 2 aromatic rings. The number of carbonyl (C=O) groups is 1. The van der Waals surface area contributed by atoms with Crippen molar-refractivity contribution >= 4 is 11.7 Å². The molecule has 0 amide bonds. The van der Waals surface area contributed by atoms with Crippen molar-refractivity contribution in [2.45, 2.75) is 20.1 Å². The number of nitrogen functional groups attached to an aromatic ring is 1. The number of hydrogen-bond donors (Lipinski definition) is 1.